The summed E-state index contributed by atoms with van der Waals surface area (Å²) in [5, 5.41) is 13.6. The molecule has 9 heteroatoms. The molecule has 3 rings (SSSR count). The summed E-state index contributed by atoms with van der Waals surface area (Å²) in [5.41, 5.74) is 3.89. The summed E-state index contributed by atoms with van der Waals surface area (Å²) in [5.74, 6) is -0.203. The van der Waals surface area contributed by atoms with Crippen LogP contribution in [0.3, 0.4) is 0 Å². The number of nitrogens with one attached hydrogen (secondary N) is 1. The van der Waals surface area contributed by atoms with E-state index in [1.54, 1.807) is 48.5 Å². The van der Waals surface area contributed by atoms with Crippen LogP contribution < -0.4 is 14.5 Å². The topological polar surface area (TPSA) is 108 Å². The number of rotatable bonds is 8. The molecule has 3 aromatic carbocycles. The summed E-state index contributed by atoms with van der Waals surface area (Å²) in [7, 11) is -2.58. The van der Waals surface area contributed by atoms with Gasteiger partial charge in [-0.2, -0.15) is 5.10 Å². The zero-order chi connectivity index (χ0) is 23.1. The van der Waals surface area contributed by atoms with Crippen molar-refractivity contribution in [2.45, 2.75) is 11.8 Å². The number of phenolic OH excluding ortho intramolecular Hbond substituents is 1. The Bertz CT molecular complexity index is 1220. The number of aryl methyl sites for hydroxylation is 1. The molecule has 0 radical (unpaired) electrons. The van der Waals surface area contributed by atoms with Gasteiger partial charge in [-0.1, -0.05) is 35.9 Å². The summed E-state index contributed by atoms with van der Waals surface area (Å²) in [6.07, 6.45) is 1.28. The standard InChI is InChI=1S/C23H23N3O5S/c1-17-10-12-21(13-11-17)32(29,30)26(19-7-5-8-20(14-19)31-2)16-23(28)25-24-15-18-6-3-4-9-22(18)27/h3-15,27H,16H2,1-2H3,(H,25,28)/b24-15-. The predicted octanol–water partition coefficient (Wildman–Crippen LogP) is 3.05. The monoisotopic (exact) mass is 453 g/mol. The van der Waals surface area contributed by atoms with Gasteiger partial charge in [0.25, 0.3) is 15.9 Å². The predicted molar refractivity (Wildman–Crippen MR) is 123 cm³/mol. The molecule has 0 atom stereocenters. The number of hydrogen-bond acceptors (Lipinski definition) is 6. The van der Waals surface area contributed by atoms with Gasteiger partial charge < -0.3 is 9.84 Å². The molecular formula is C23H23N3O5S. The van der Waals surface area contributed by atoms with E-state index in [1.807, 2.05) is 6.92 Å². The Morgan fingerprint density at radius 2 is 1.81 bits per heavy atom. The maximum atomic E-state index is 13.4. The Balaban J connectivity index is 1.88. The van der Waals surface area contributed by atoms with Gasteiger partial charge in [0.05, 0.1) is 23.9 Å². The molecule has 0 aliphatic heterocycles. The van der Waals surface area contributed by atoms with E-state index in [0.717, 1.165) is 9.87 Å². The Labute approximate surface area is 186 Å². The third kappa shape index (κ3) is 5.44. The van der Waals surface area contributed by atoms with Crippen LogP contribution in [0.15, 0.2) is 82.8 Å². The maximum Gasteiger partial charge on any atom is 0.264 e. The number of amides is 1. The summed E-state index contributed by atoms with van der Waals surface area (Å²) in [6.45, 7) is 1.34. The lowest BCUT2D eigenvalue weighted by atomic mass is 10.2. The number of para-hydroxylation sites is 1. The first-order chi connectivity index (χ1) is 15.3. The number of phenols is 1. The van der Waals surface area contributed by atoms with Gasteiger partial charge in [0, 0.05) is 11.6 Å². The number of carbonyl (C=O) groups is 1. The number of nitrogens with zero attached hydrogens (tertiary/aromatic N) is 2. The second-order valence-corrected chi connectivity index (χ2v) is 8.74. The highest BCUT2D eigenvalue weighted by Crippen LogP contribution is 2.27. The van der Waals surface area contributed by atoms with Crippen molar-refractivity contribution < 1.29 is 23.1 Å². The summed E-state index contributed by atoms with van der Waals surface area (Å²) >= 11 is 0. The van der Waals surface area contributed by atoms with Gasteiger partial charge >= 0.3 is 0 Å². The number of ether oxygens (including phenoxy) is 1. The molecule has 2 N–H and O–H groups in total. The second kappa shape index (κ2) is 9.97. The molecule has 166 valence electrons. The molecule has 0 aliphatic rings. The molecule has 8 nitrogen and oxygen atoms in total. The van der Waals surface area contributed by atoms with Crippen LogP contribution >= 0.6 is 0 Å². The van der Waals surface area contributed by atoms with E-state index in [9.17, 15) is 18.3 Å². The van der Waals surface area contributed by atoms with Crippen LogP contribution in [-0.2, 0) is 14.8 Å². The van der Waals surface area contributed by atoms with E-state index in [1.165, 1.54) is 37.6 Å². The van der Waals surface area contributed by atoms with Crippen LogP contribution in [0, 0.1) is 6.92 Å². The van der Waals surface area contributed by atoms with Crippen LogP contribution in [-0.4, -0.2) is 39.3 Å². The van der Waals surface area contributed by atoms with Crippen molar-refractivity contribution in [2.75, 3.05) is 18.0 Å². The van der Waals surface area contributed by atoms with Gasteiger partial charge in [-0.05, 0) is 43.3 Å². The first kappa shape index (κ1) is 22.8. The summed E-state index contributed by atoms with van der Waals surface area (Å²) < 4.78 is 32.9. The number of hydrogen-bond donors (Lipinski definition) is 2. The SMILES string of the molecule is COc1cccc(N(CC(=O)N/N=C\c2ccccc2O)S(=O)(=O)c2ccc(C)cc2)c1. The zero-order valence-electron chi connectivity index (χ0n) is 17.6. The van der Waals surface area contributed by atoms with Crippen LogP contribution in [0.5, 0.6) is 11.5 Å². The minimum Gasteiger partial charge on any atom is -0.507 e. The zero-order valence-corrected chi connectivity index (χ0v) is 18.4. The minimum atomic E-state index is -4.05. The molecule has 3 aromatic rings. The summed E-state index contributed by atoms with van der Waals surface area (Å²) in [6, 6.07) is 19.3. The quantitative estimate of drug-likeness (QED) is 0.403. The average Bonchev–Trinajstić information content (AvgIpc) is 2.79. The highest BCUT2D eigenvalue weighted by atomic mass is 32.2. The molecule has 0 aliphatic carbocycles. The number of carbonyl (C=O) groups excluding carboxylic acids is 1. The Morgan fingerprint density at radius 1 is 1.09 bits per heavy atom. The largest absolute Gasteiger partial charge is 0.507 e. The van der Waals surface area contributed by atoms with Crippen LogP contribution in [0.25, 0.3) is 0 Å². The molecule has 0 unspecified atom stereocenters. The maximum absolute atomic E-state index is 13.4. The molecule has 0 fully saturated rings. The smallest absolute Gasteiger partial charge is 0.264 e. The van der Waals surface area contributed by atoms with Crippen molar-refractivity contribution in [3.63, 3.8) is 0 Å². The van der Waals surface area contributed by atoms with Crippen molar-refractivity contribution in [1.82, 2.24) is 5.43 Å². The average molecular weight is 454 g/mol. The van der Waals surface area contributed by atoms with Crippen molar-refractivity contribution >= 4 is 27.8 Å². The lowest BCUT2D eigenvalue weighted by Crippen LogP contribution is -2.39. The summed E-state index contributed by atoms with van der Waals surface area (Å²) in [4.78, 5) is 12.6. The first-order valence-electron chi connectivity index (χ1n) is 9.64. The molecule has 0 spiro atoms. The fourth-order valence-corrected chi connectivity index (χ4v) is 4.27. The third-order valence-electron chi connectivity index (χ3n) is 4.57. The van der Waals surface area contributed by atoms with Crippen molar-refractivity contribution in [3.8, 4) is 11.5 Å². The van der Waals surface area contributed by atoms with Gasteiger partial charge in [0.2, 0.25) is 0 Å². The number of hydrazone groups is 1. The highest BCUT2D eigenvalue weighted by Gasteiger charge is 2.27. The van der Waals surface area contributed by atoms with Crippen LogP contribution in [0.1, 0.15) is 11.1 Å². The lowest BCUT2D eigenvalue weighted by Gasteiger charge is -2.24. The first-order valence-corrected chi connectivity index (χ1v) is 11.1. The molecule has 0 saturated heterocycles. The second-order valence-electron chi connectivity index (χ2n) is 6.88. The van der Waals surface area contributed by atoms with Crippen molar-refractivity contribution in [1.29, 1.82) is 0 Å². The number of sulfonamides is 1. The molecule has 0 aromatic heterocycles. The van der Waals surface area contributed by atoms with Crippen LogP contribution in [0.2, 0.25) is 0 Å². The minimum absolute atomic E-state index is 0.00505. The third-order valence-corrected chi connectivity index (χ3v) is 6.36. The van der Waals surface area contributed by atoms with Crippen molar-refractivity contribution in [3.05, 3.63) is 83.9 Å². The van der Waals surface area contributed by atoms with Gasteiger partial charge in [-0.25, -0.2) is 13.8 Å². The lowest BCUT2D eigenvalue weighted by molar-refractivity contribution is -0.119. The Morgan fingerprint density at radius 3 is 2.50 bits per heavy atom. The molecule has 0 saturated carbocycles. The van der Waals surface area contributed by atoms with Crippen molar-refractivity contribution in [2.24, 2.45) is 5.10 Å². The Hall–Kier alpha value is -3.85. The van der Waals surface area contributed by atoms with Gasteiger partial charge in [-0.3, -0.25) is 9.10 Å². The Kier molecular flexibility index (Phi) is 7.11. The fraction of sp³-hybridized carbons (Fsp3) is 0.130. The van der Waals surface area contributed by atoms with Crippen LogP contribution in [0.4, 0.5) is 5.69 Å². The van der Waals surface area contributed by atoms with E-state index < -0.39 is 22.5 Å². The fourth-order valence-electron chi connectivity index (χ4n) is 2.85. The molecule has 1 amide bonds. The van der Waals surface area contributed by atoms with E-state index in [-0.39, 0.29) is 16.3 Å². The normalized spacial score (nSPS) is 11.3. The number of methoxy groups -OCH3 is 1. The van der Waals surface area contributed by atoms with E-state index >= 15 is 0 Å². The number of anilines is 1. The highest BCUT2D eigenvalue weighted by molar-refractivity contribution is 7.92. The molecular weight excluding hydrogens is 430 g/mol. The van der Waals surface area contributed by atoms with E-state index in [4.69, 9.17) is 4.74 Å². The number of benzene rings is 3. The molecule has 0 heterocycles. The van der Waals surface area contributed by atoms with E-state index in [2.05, 4.69) is 10.5 Å². The number of aromatic hydroxyl groups is 1. The van der Waals surface area contributed by atoms with E-state index in [0.29, 0.717) is 11.3 Å². The molecule has 0 bridgehead atoms. The molecule has 32 heavy (non-hydrogen) atoms. The van der Waals surface area contributed by atoms with Gasteiger partial charge in [0.15, 0.2) is 0 Å². The van der Waals surface area contributed by atoms with Gasteiger partial charge in [0.1, 0.15) is 18.0 Å². The van der Waals surface area contributed by atoms with Gasteiger partial charge in [-0.15, -0.1) is 0 Å².